The number of halogens is 2. The molecule has 1 aromatic carbocycles. The van der Waals surface area contributed by atoms with E-state index in [0.29, 0.717) is 27.8 Å². The highest BCUT2D eigenvalue weighted by Crippen LogP contribution is 2.39. The van der Waals surface area contributed by atoms with E-state index in [-0.39, 0.29) is 0 Å². The van der Waals surface area contributed by atoms with Crippen LogP contribution in [-0.2, 0) is 0 Å². The second-order valence-electron chi connectivity index (χ2n) is 4.62. The van der Waals surface area contributed by atoms with Crippen LogP contribution in [0.5, 0.6) is 5.75 Å². The molecule has 2 heterocycles. The maximum atomic E-state index is 6.32. The van der Waals surface area contributed by atoms with Crippen molar-refractivity contribution in [3.8, 4) is 17.0 Å². The van der Waals surface area contributed by atoms with E-state index in [1.165, 1.54) is 0 Å². The number of nitrogens with two attached hydrogens (primary N) is 1. The molecular weight excluding hydrogens is 354 g/mol. The van der Waals surface area contributed by atoms with Crippen LogP contribution in [0.25, 0.3) is 16.9 Å². The minimum Gasteiger partial charge on any atom is -0.496 e. The zero-order valence-electron chi connectivity index (χ0n) is 11.5. The molecule has 0 amide bonds. The molecule has 0 bridgehead atoms. The average Bonchev–Trinajstić information content (AvgIpc) is 2.80. The van der Waals surface area contributed by atoms with Crippen LogP contribution in [-0.4, -0.2) is 16.5 Å². The van der Waals surface area contributed by atoms with Gasteiger partial charge in [0.25, 0.3) is 0 Å². The molecule has 0 fully saturated rings. The number of benzene rings is 1. The number of imidazole rings is 1. The number of pyridine rings is 1. The van der Waals surface area contributed by atoms with Crippen LogP contribution < -0.4 is 10.5 Å². The van der Waals surface area contributed by atoms with Gasteiger partial charge in [-0.25, -0.2) is 4.98 Å². The zero-order valence-corrected chi connectivity index (χ0v) is 13.9. The van der Waals surface area contributed by atoms with E-state index in [0.717, 1.165) is 15.8 Å². The molecule has 6 heteroatoms. The molecule has 0 spiro atoms. The van der Waals surface area contributed by atoms with E-state index in [4.69, 9.17) is 22.1 Å². The van der Waals surface area contributed by atoms with E-state index >= 15 is 0 Å². The Hall–Kier alpha value is -1.72. The lowest BCUT2D eigenvalue weighted by Crippen LogP contribution is -1.99. The van der Waals surface area contributed by atoms with Crippen molar-refractivity contribution in [1.29, 1.82) is 0 Å². The largest absolute Gasteiger partial charge is 0.496 e. The van der Waals surface area contributed by atoms with Gasteiger partial charge in [-0.3, -0.25) is 4.40 Å². The van der Waals surface area contributed by atoms with Gasteiger partial charge in [0, 0.05) is 10.2 Å². The van der Waals surface area contributed by atoms with Gasteiger partial charge in [0.15, 0.2) is 0 Å². The number of aromatic nitrogens is 2. The number of ether oxygens (including phenoxy) is 1. The summed E-state index contributed by atoms with van der Waals surface area (Å²) in [7, 11) is 1.60. The SMILES string of the molecule is COc1cccc(Cl)c1-c1nc2ccc(Br)c(C)n2c1N. The Morgan fingerprint density at radius 2 is 2.05 bits per heavy atom. The summed E-state index contributed by atoms with van der Waals surface area (Å²) in [5, 5.41) is 0.557. The quantitative estimate of drug-likeness (QED) is 0.735. The lowest BCUT2D eigenvalue weighted by atomic mass is 10.1. The number of nitrogen functional groups attached to an aromatic ring is 1. The number of rotatable bonds is 2. The molecule has 0 aliphatic carbocycles. The van der Waals surface area contributed by atoms with Crippen LogP contribution in [0.3, 0.4) is 0 Å². The molecule has 0 aliphatic rings. The van der Waals surface area contributed by atoms with Crippen molar-refractivity contribution in [2.45, 2.75) is 6.92 Å². The first kappa shape index (κ1) is 14.2. The number of hydrogen-bond acceptors (Lipinski definition) is 3. The van der Waals surface area contributed by atoms with E-state index in [2.05, 4.69) is 20.9 Å². The fourth-order valence-corrected chi connectivity index (χ4v) is 2.94. The van der Waals surface area contributed by atoms with Crippen molar-refractivity contribution in [2.24, 2.45) is 0 Å². The number of hydrogen-bond donors (Lipinski definition) is 1. The fourth-order valence-electron chi connectivity index (χ4n) is 2.38. The number of aryl methyl sites for hydroxylation is 1. The van der Waals surface area contributed by atoms with Crippen molar-refractivity contribution < 1.29 is 4.74 Å². The first-order chi connectivity index (χ1) is 10.0. The second-order valence-corrected chi connectivity index (χ2v) is 5.88. The van der Waals surface area contributed by atoms with Gasteiger partial charge in [-0.1, -0.05) is 17.7 Å². The molecule has 0 aliphatic heterocycles. The number of methoxy groups -OCH3 is 1. The summed E-state index contributed by atoms with van der Waals surface area (Å²) in [5.74, 6) is 1.18. The Morgan fingerprint density at radius 3 is 2.76 bits per heavy atom. The van der Waals surface area contributed by atoms with Crippen LogP contribution >= 0.6 is 27.5 Å². The molecule has 108 valence electrons. The minimum absolute atomic E-state index is 0.537. The highest BCUT2D eigenvalue weighted by atomic mass is 79.9. The Morgan fingerprint density at radius 1 is 1.29 bits per heavy atom. The van der Waals surface area contributed by atoms with Crippen LogP contribution in [0.2, 0.25) is 5.02 Å². The highest BCUT2D eigenvalue weighted by molar-refractivity contribution is 9.10. The number of fused-ring (bicyclic) bond motifs is 1. The third-order valence-corrected chi connectivity index (χ3v) is 4.58. The molecule has 0 atom stereocenters. The first-order valence-electron chi connectivity index (χ1n) is 6.30. The van der Waals surface area contributed by atoms with Gasteiger partial charge in [-0.15, -0.1) is 0 Å². The van der Waals surface area contributed by atoms with Crippen molar-refractivity contribution in [3.05, 3.63) is 45.5 Å². The molecule has 0 saturated carbocycles. The summed E-state index contributed by atoms with van der Waals surface area (Å²) in [6.07, 6.45) is 0. The van der Waals surface area contributed by atoms with Gasteiger partial charge in [-0.2, -0.15) is 0 Å². The second kappa shape index (κ2) is 5.24. The Kier molecular flexibility index (Phi) is 3.55. The van der Waals surface area contributed by atoms with E-state index in [1.807, 2.05) is 35.6 Å². The summed E-state index contributed by atoms with van der Waals surface area (Å²) < 4.78 is 8.25. The molecule has 3 rings (SSSR count). The summed E-state index contributed by atoms with van der Waals surface area (Å²) in [6, 6.07) is 9.32. The maximum Gasteiger partial charge on any atom is 0.139 e. The van der Waals surface area contributed by atoms with Gasteiger partial charge >= 0.3 is 0 Å². The predicted octanol–water partition coefficient (Wildman–Crippen LogP) is 4.32. The van der Waals surface area contributed by atoms with Crippen molar-refractivity contribution >= 4 is 39.0 Å². The van der Waals surface area contributed by atoms with E-state index in [9.17, 15) is 0 Å². The third kappa shape index (κ3) is 2.17. The Labute approximate surface area is 135 Å². The van der Waals surface area contributed by atoms with Gasteiger partial charge in [0.05, 0.1) is 17.7 Å². The molecule has 0 unspecified atom stereocenters. The fraction of sp³-hybridized carbons (Fsp3) is 0.133. The smallest absolute Gasteiger partial charge is 0.139 e. The van der Waals surface area contributed by atoms with Crippen molar-refractivity contribution in [3.63, 3.8) is 0 Å². The Balaban J connectivity index is 2.37. The Bertz CT molecular complexity index is 845. The third-order valence-electron chi connectivity index (χ3n) is 3.43. The van der Waals surface area contributed by atoms with Crippen LogP contribution in [0.4, 0.5) is 5.82 Å². The lowest BCUT2D eigenvalue weighted by molar-refractivity contribution is 0.416. The normalized spacial score (nSPS) is 11.0. The topological polar surface area (TPSA) is 52.5 Å². The highest BCUT2D eigenvalue weighted by Gasteiger charge is 2.19. The van der Waals surface area contributed by atoms with Gasteiger partial charge in [0.2, 0.25) is 0 Å². The van der Waals surface area contributed by atoms with Crippen LogP contribution in [0.1, 0.15) is 5.69 Å². The number of nitrogens with zero attached hydrogens (tertiary/aromatic N) is 2. The molecule has 0 saturated heterocycles. The molecule has 21 heavy (non-hydrogen) atoms. The standard InChI is InChI=1S/C15H13BrClN3O/c1-8-9(16)6-7-12-19-14(15(18)20(8)12)13-10(17)4-3-5-11(13)21-2/h3-7H,18H2,1-2H3. The molecule has 2 N–H and O–H groups in total. The maximum absolute atomic E-state index is 6.32. The molecule has 0 radical (unpaired) electrons. The van der Waals surface area contributed by atoms with Crippen LogP contribution in [0.15, 0.2) is 34.8 Å². The predicted molar refractivity (Wildman–Crippen MR) is 89.0 cm³/mol. The molecule has 3 aromatic rings. The summed E-state index contributed by atoms with van der Waals surface area (Å²) in [6.45, 7) is 1.97. The first-order valence-corrected chi connectivity index (χ1v) is 7.47. The van der Waals surface area contributed by atoms with Gasteiger partial charge in [0.1, 0.15) is 22.9 Å². The molecular formula is C15H13BrClN3O. The van der Waals surface area contributed by atoms with Crippen molar-refractivity contribution in [2.75, 3.05) is 12.8 Å². The monoisotopic (exact) mass is 365 g/mol. The molecule has 2 aromatic heterocycles. The summed E-state index contributed by atoms with van der Waals surface area (Å²) in [4.78, 5) is 4.61. The van der Waals surface area contributed by atoms with Crippen molar-refractivity contribution in [1.82, 2.24) is 9.38 Å². The van der Waals surface area contributed by atoms with Crippen LogP contribution in [0, 0.1) is 6.92 Å². The average molecular weight is 367 g/mol. The summed E-state index contributed by atoms with van der Waals surface area (Å²) >= 11 is 9.82. The van der Waals surface area contributed by atoms with Gasteiger partial charge < -0.3 is 10.5 Å². The lowest BCUT2D eigenvalue weighted by Gasteiger charge is -2.09. The number of anilines is 1. The minimum atomic E-state index is 0.537. The zero-order chi connectivity index (χ0) is 15.1. The molecule has 4 nitrogen and oxygen atoms in total. The summed E-state index contributed by atoms with van der Waals surface area (Å²) in [5.41, 5.74) is 9.38. The van der Waals surface area contributed by atoms with E-state index in [1.54, 1.807) is 13.2 Å². The van der Waals surface area contributed by atoms with E-state index < -0.39 is 0 Å². The van der Waals surface area contributed by atoms with Gasteiger partial charge in [-0.05, 0) is 47.1 Å².